The molecule has 0 unspecified atom stereocenters. The molecule has 0 fully saturated rings. The first-order chi connectivity index (χ1) is 9.17. The highest BCUT2D eigenvalue weighted by molar-refractivity contribution is 7.11. The van der Waals surface area contributed by atoms with E-state index in [1.807, 2.05) is 24.4 Å². The molecule has 0 radical (unpaired) electrons. The fourth-order valence-electron chi connectivity index (χ4n) is 2.25. The van der Waals surface area contributed by atoms with Crippen molar-refractivity contribution in [2.75, 3.05) is 5.73 Å². The second-order valence-corrected chi connectivity index (χ2v) is 5.90. The lowest BCUT2D eigenvalue weighted by Gasteiger charge is -2.05. The maximum absolute atomic E-state index is 5.82. The van der Waals surface area contributed by atoms with E-state index in [2.05, 4.69) is 28.4 Å². The number of nitrogens with two attached hydrogens (primary N) is 1. The minimum atomic E-state index is 0.755. The summed E-state index contributed by atoms with van der Waals surface area (Å²) in [5.41, 5.74) is 8.66. The number of hydrogen-bond acceptors (Lipinski definition) is 4. The van der Waals surface area contributed by atoms with Gasteiger partial charge in [0.05, 0.1) is 17.6 Å². The van der Waals surface area contributed by atoms with Gasteiger partial charge in [0.2, 0.25) is 0 Å². The third-order valence-corrected chi connectivity index (χ3v) is 4.03. The zero-order chi connectivity index (χ0) is 13.4. The van der Waals surface area contributed by atoms with Gasteiger partial charge >= 0.3 is 0 Å². The van der Waals surface area contributed by atoms with Crippen LogP contribution in [0.5, 0.6) is 0 Å². The number of fused-ring (bicyclic) bond motifs is 1. The van der Waals surface area contributed by atoms with E-state index in [4.69, 9.17) is 5.73 Å². The van der Waals surface area contributed by atoms with Gasteiger partial charge < -0.3 is 10.3 Å². The van der Waals surface area contributed by atoms with Gasteiger partial charge in [-0.3, -0.25) is 0 Å². The summed E-state index contributed by atoms with van der Waals surface area (Å²) < 4.78 is 2.23. The van der Waals surface area contributed by atoms with Crippen molar-refractivity contribution in [2.45, 2.75) is 26.8 Å². The normalized spacial score (nSPS) is 11.3. The van der Waals surface area contributed by atoms with Crippen molar-refractivity contribution in [1.29, 1.82) is 0 Å². The molecule has 19 heavy (non-hydrogen) atoms. The first-order valence-electron chi connectivity index (χ1n) is 6.33. The molecule has 0 bridgehead atoms. The Balaban J connectivity index is 2.10. The molecular weight excluding hydrogens is 256 g/mol. The van der Waals surface area contributed by atoms with E-state index in [0.29, 0.717) is 0 Å². The molecule has 3 rings (SSSR count). The molecule has 0 saturated carbocycles. The molecule has 2 aromatic heterocycles. The number of nitrogen functional groups attached to an aromatic ring is 1. The van der Waals surface area contributed by atoms with Gasteiger partial charge in [-0.1, -0.05) is 6.92 Å². The summed E-state index contributed by atoms with van der Waals surface area (Å²) >= 11 is 1.73. The molecule has 2 heterocycles. The fourth-order valence-corrected chi connectivity index (χ4v) is 3.03. The highest BCUT2D eigenvalue weighted by Crippen LogP contribution is 2.22. The molecule has 98 valence electrons. The Bertz CT molecular complexity index is 726. The van der Waals surface area contributed by atoms with Crippen LogP contribution in [0.15, 0.2) is 24.4 Å². The van der Waals surface area contributed by atoms with Crippen LogP contribution < -0.4 is 5.73 Å². The highest BCUT2D eigenvalue weighted by atomic mass is 32.1. The lowest BCUT2D eigenvalue weighted by atomic mass is 10.3. The molecule has 0 aliphatic rings. The topological polar surface area (TPSA) is 56.7 Å². The Morgan fingerprint density at radius 2 is 2.21 bits per heavy atom. The van der Waals surface area contributed by atoms with Crippen molar-refractivity contribution in [2.24, 2.45) is 0 Å². The van der Waals surface area contributed by atoms with Gasteiger partial charge in [-0.2, -0.15) is 0 Å². The third-order valence-electron chi connectivity index (χ3n) is 3.13. The van der Waals surface area contributed by atoms with Gasteiger partial charge in [0.1, 0.15) is 10.8 Å². The van der Waals surface area contributed by atoms with Gasteiger partial charge in [-0.05, 0) is 25.1 Å². The number of aromatic nitrogens is 3. The van der Waals surface area contributed by atoms with Crippen molar-refractivity contribution >= 4 is 28.1 Å². The number of thiazole rings is 1. The number of anilines is 1. The van der Waals surface area contributed by atoms with Gasteiger partial charge in [0.25, 0.3) is 0 Å². The molecule has 2 N–H and O–H groups in total. The summed E-state index contributed by atoms with van der Waals surface area (Å²) in [5, 5.41) is 1.11. The Morgan fingerprint density at radius 3 is 2.89 bits per heavy atom. The van der Waals surface area contributed by atoms with Crippen LogP contribution in [0, 0.1) is 6.92 Å². The summed E-state index contributed by atoms with van der Waals surface area (Å²) in [6, 6.07) is 5.89. The highest BCUT2D eigenvalue weighted by Gasteiger charge is 2.11. The SMILES string of the molecule is CCc1nc2cc(N)ccc2n1Cc1ncc(C)s1. The molecule has 3 aromatic rings. The number of rotatable bonds is 3. The first kappa shape index (κ1) is 12.2. The zero-order valence-electron chi connectivity index (χ0n) is 11.1. The van der Waals surface area contributed by atoms with Crippen LogP contribution in [-0.2, 0) is 13.0 Å². The monoisotopic (exact) mass is 272 g/mol. The summed E-state index contributed by atoms with van der Waals surface area (Å²) in [4.78, 5) is 10.3. The van der Waals surface area contributed by atoms with E-state index >= 15 is 0 Å². The van der Waals surface area contributed by atoms with E-state index in [1.54, 1.807) is 11.3 Å². The lowest BCUT2D eigenvalue weighted by molar-refractivity contribution is 0.748. The van der Waals surface area contributed by atoms with Crippen LogP contribution in [0.3, 0.4) is 0 Å². The van der Waals surface area contributed by atoms with Crippen LogP contribution >= 0.6 is 11.3 Å². The van der Waals surface area contributed by atoms with Crippen LogP contribution in [0.4, 0.5) is 5.69 Å². The number of aryl methyl sites for hydroxylation is 2. The molecule has 0 atom stereocenters. The number of benzene rings is 1. The van der Waals surface area contributed by atoms with Crippen LogP contribution in [0.2, 0.25) is 0 Å². The number of nitrogens with zero attached hydrogens (tertiary/aromatic N) is 3. The molecule has 0 aliphatic carbocycles. The van der Waals surface area contributed by atoms with Gasteiger partial charge in [0, 0.05) is 23.2 Å². The van der Waals surface area contributed by atoms with Crippen molar-refractivity contribution in [3.63, 3.8) is 0 Å². The Kier molecular flexibility index (Phi) is 2.98. The maximum atomic E-state index is 5.82. The first-order valence-corrected chi connectivity index (χ1v) is 7.15. The second kappa shape index (κ2) is 4.66. The average Bonchev–Trinajstić information content (AvgIpc) is 2.94. The molecule has 0 aliphatic heterocycles. The van der Waals surface area contributed by atoms with E-state index < -0.39 is 0 Å². The predicted octanol–water partition coefficient (Wildman–Crippen LogP) is 2.99. The number of hydrogen-bond donors (Lipinski definition) is 1. The summed E-state index contributed by atoms with van der Waals surface area (Å²) in [6.45, 7) is 4.98. The Labute approximate surface area is 115 Å². The second-order valence-electron chi connectivity index (χ2n) is 4.58. The average molecular weight is 272 g/mol. The van der Waals surface area contributed by atoms with E-state index in [0.717, 1.165) is 40.5 Å². The number of imidazole rings is 1. The van der Waals surface area contributed by atoms with Crippen LogP contribution in [-0.4, -0.2) is 14.5 Å². The fraction of sp³-hybridized carbons (Fsp3) is 0.286. The van der Waals surface area contributed by atoms with E-state index in [-0.39, 0.29) is 0 Å². The van der Waals surface area contributed by atoms with Crippen molar-refractivity contribution < 1.29 is 0 Å². The molecular formula is C14H16N4S. The quantitative estimate of drug-likeness (QED) is 0.746. The standard InChI is InChI=1S/C14H16N4S/c1-3-13-17-11-6-10(15)4-5-12(11)18(13)8-14-16-7-9(2)19-14/h4-7H,3,8,15H2,1-2H3. The lowest BCUT2D eigenvalue weighted by Crippen LogP contribution is -2.03. The van der Waals surface area contributed by atoms with E-state index in [9.17, 15) is 0 Å². The smallest absolute Gasteiger partial charge is 0.113 e. The van der Waals surface area contributed by atoms with Crippen molar-refractivity contribution in [1.82, 2.24) is 14.5 Å². The largest absolute Gasteiger partial charge is 0.399 e. The third kappa shape index (κ3) is 2.21. The predicted molar refractivity (Wildman–Crippen MR) is 79.5 cm³/mol. The minimum absolute atomic E-state index is 0.755. The summed E-state index contributed by atoms with van der Waals surface area (Å²) in [6.07, 6.45) is 2.82. The van der Waals surface area contributed by atoms with Crippen LogP contribution in [0.1, 0.15) is 22.6 Å². The summed E-state index contributed by atoms with van der Waals surface area (Å²) in [7, 11) is 0. The van der Waals surface area contributed by atoms with Gasteiger partial charge in [-0.15, -0.1) is 11.3 Å². The molecule has 0 saturated heterocycles. The zero-order valence-corrected chi connectivity index (χ0v) is 11.9. The van der Waals surface area contributed by atoms with Crippen molar-refractivity contribution in [3.05, 3.63) is 40.1 Å². The Hall–Kier alpha value is -1.88. The van der Waals surface area contributed by atoms with E-state index in [1.165, 1.54) is 4.88 Å². The van der Waals surface area contributed by atoms with Crippen molar-refractivity contribution in [3.8, 4) is 0 Å². The molecule has 0 spiro atoms. The molecule has 4 nitrogen and oxygen atoms in total. The van der Waals surface area contributed by atoms with Gasteiger partial charge in [-0.25, -0.2) is 9.97 Å². The minimum Gasteiger partial charge on any atom is -0.399 e. The Morgan fingerprint density at radius 1 is 1.37 bits per heavy atom. The van der Waals surface area contributed by atoms with Gasteiger partial charge in [0.15, 0.2) is 0 Å². The summed E-state index contributed by atoms with van der Waals surface area (Å²) in [5.74, 6) is 1.08. The molecule has 1 aromatic carbocycles. The van der Waals surface area contributed by atoms with Crippen LogP contribution in [0.25, 0.3) is 11.0 Å². The maximum Gasteiger partial charge on any atom is 0.113 e. The molecule has 0 amide bonds. The molecule has 5 heteroatoms.